The Morgan fingerprint density at radius 3 is 2.72 bits per heavy atom. The maximum atomic E-state index is 12.4. The molecule has 6 heteroatoms. The molecule has 1 atom stereocenters. The van der Waals surface area contributed by atoms with Crippen LogP contribution >= 0.6 is 15.9 Å². The van der Waals surface area contributed by atoms with Crippen molar-refractivity contribution in [1.82, 2.24) is 9.88 Å². The molecule has 1 aromatic heterocycles. The lowest BCUT2D eigenvalue weighted by Crippen LogP contribution is -2.47. The molecule has 1 amide bonds. The largest absolute Gasteiger partial charge is 0.444 e. The quantitative estimate of drug-likeness (QED) is 0.627. The fourth-order valence-corrected chi connectivity index (χ4v) is 3.48. The van der Waals surface area contributed by atoms with Gasteiger partial charge in [-0.05, 0) is 63.4 Å². The Hall–Kier alpha value is -2.34. The summed E-state index contributed by atoms with van der Waals surface area (Å²) < 4.78 is 6.58. The molecule has 2 heterocycles. The number of anilines is 1. The average molecular weight is 458 g/mol. The lowest BCUT2D eigenvalue weighted by atomic mass is 10.1. The number of hydrogen-bond donors (Lipinski definition) is 1. The van der Waals surface area contributed by atoms with E-state index in [9.17, 15) is 4.79 Å². The molecule has 0 unspecified atom stereocenters. The van der Waals surface area contributed by atoms with Gasteiger partial charge >= 0.3 is 6.09 Å². The van der Waals surface area contributed by atoms with Crippen molar-refractivity contribution in [3.8, 4) is 0 Å². The Kier molecular flexibility index (Phi) is 6.96. The molecular weight excluding hydrogens is 430 g/mol. The summed E-state index contributed by atoms with van der Waals surface area (Å²) in [5.41, 5.74) is 1.66. The van der Waals surface area contributed by atoms with Crippen molar-refractivity contribution in [3.05, 3.63) is 58.2 Å². The zero-order valence-corrected chi connectivity index (χ0v) is 18.8. The molecular formula is C23H28BrN3O2. The minimum atomic E-state index is -0.483. The van der Waals surface area contributed by atoms with Crippen LogP contribution in [0.3, 0.4) is 0 Å². The Labute approximate surface area is 181 Å². The van der Waals surface area contributed by atoms with Crippen molar-refractivity contribution in [3.63, 3.8) is 0 Å². The number of carbonyl (C=O) groups is 1. The van der Waals surface area contributed by atoms with E-state index in [0.29, 0.717) is 6.54 Å². The van der Waals surface area contributed by atoms with Gasteiger partial charge in [-0.1, -0.05) is 40.2 Å². The van der Waals surface area contributed by atoms with E-state index in [1.54, 1.807) is 11.1 Å². The van der Waals surface area contributed by atoms with Crippen molar-refractivity contribution in [2.45, 2.75) is 45.3 Å². The van der Waals surface area contributed by atoms with Crippen LogP contribution in [0.1, 0.15) is 44.7 Å². The first kappa shape index (κ1) is 21.4. The highest BCUT2D eigenvalue weighted by Crippen LogP contribution is 2.21. The monoisotopic (exact) mass is 457 g/mol. The highest BCUT2D eigenvalue weighted by Gasteiger charge is 2.27. The van der Waals surface area contributed by atoms with Crippen LogP contribution in [-0.4, -0.2) is 40.7 Å². The number of piperidine rings is 1. The number of hydrogen-bond acceptors (Lipinski definition) is 4. The summed E-state index contributed by atoms with van der Waals surface area (Å²) in [7, 11) is 0. The van der Waals surface area contributed by atoms with Crippen molar-refractivity contribution in [1.29, 1.82) is 0 Å². The summed E-state index contributed by atoms with van der Waals surface area (Å²) in [5, 5.41) is 3.52. The summed E-state index contributed by atoms with van der Waals surface area (Å²) in [6, 6.07) is 12.3. The summed E-state index contributed by atoms with van der Waals surface area (Å²) in [6.07, 6.45) is 7.60. The van der Waals surface area contributed by atoms with Crippen molar-refractivity contribution in [2.75, 3.05) is 18.4 Å². The van der Waals surface area contributed by atoms with E-state index in [1.165, 1.54) is 0 Å². The van der Waals surface area contributed by atoms with Gasteiger partial charge in [0.15, 0.2) is 0 Å². The molecule has 29 heavy (non-hydrogen) atoms. The van der Waals surface area contributed by atoms with E-state index < -0.39 is 5.60 Å². The topological polar surface area (TPSA) is 54.5 Å². The molecule has 0 aliphatic carbocycles. The second kappa shape index (κ2) is 9.44. The molecule has 1 aliphatic rings. The minimum absolute atomic E-state index is 0.144. The summed E-state index contributed by atoms with van der Waals surface area (Å²) in [6.45, 7) is 7.01. The Morgan fingerprint density at radius 2 is 2.00 bits per heavy atom. The number of likely N-dealkylation sites (tertiary alicyclic amines) is 1. The first-order chi connectivity index (χ1) is 13.8. The van der Waals surface area contributed by atoms with Crippen LogP contribution in [0.15, 0.2) is 47.1 Å². The Bertz CT molecular complexity index is 859. The van der Waals surface area contributed by atoms with Gasteiger partial charge in [0.05, 0.1) is 0 Å². The van der Waals surface area contributed by atoms with E-state index in [4.69, 9.17) is 4.74 Å². The molecule has 2 aromatic rings. The van der Waals surface area contributed by atoms with Crippen LogP contribution in [0.25, 0.3) is 12.2 Å². The van der Waals surface area contributed by atoms with E-state index in [0.717, 1.165) is 40.8 Å². The van der Waals surface area contributed by atoms with E-state index in [2.05, 4.69) is 50.5 Å². The predicted molar refractivity (Wildman–Crippen MR) is 122 cm³/mol. The van der Waals surface area contributed by atoms with Crippen LogP contribution in [0.4, 0.5) is 10.6 Å². The third-order valence-electron chi connectivity index (χ3n) is 4.58. The van der Waals surface area contributed by atoms with Crippen molar-refractivity contribution in [2.24, 2.45) is 0 Å². The fraction of sp³-hybridized carbons (Fsp3) is 0.391. The van der Waals surface area contributed by atoms with E-state index in [1.807, 2.05) is 45.0 Å². The molecule has 1 fully saturated rings. The second-order valence-corrected chi connectivity index (χ2v) is 9.15. The third-order valence-corrected chi connectivity index (χ3v) is 5.11. The molecule has 3 rings (SSSR count). The molecule has 5 nitrogen and oxygen atoms in total. The van der Waals surface area contributed by atoms with Gasteiger partial charge in [0.1, 0.15) is 11.4 Å². The van der Waals surface area contributed by atoms with Gasteiger partial charge in [0, 0.05) is 35.4 Å². The molecule has 1 N–H and O–H groups in total. The maximum absolute atomic E-state index is 12.4. The maximum Gasteiger partial charge on any atom is 0.410 e. The first-order valence-electron chi connectivity index (χ1n) is 9.93. The van der Waals surface area contributed by atoms with Crippen LogP contribution in [-0.2, 0) is 4.74 Å². The number of nitrogens with zero attached hydrogens (tertiary/aromatic N) is 2. The van der Waals surface area contributed by atoms with Crippen LogP contribution in [0, 0.1) is 0 Å². The van der Waals surface area contributed by atoms with Crippen molar-refractivity contribution >= 4 is 40.0 Å². The van der Waals surface area contributed by atoms with Crippen LogP contribution in [0.5, 0.6) is 0 Å². The number of halogens is 1. The first-order valence-corrected chi connectivity index (χ1v) is 10.7. The van der Waals surface area contributed by atoms with E-state index in [-0.39, 0.29) is 12.1 Å². The zero-order chi connectivity index (χ0) is 20.9. The summed E-state index contributed by atoms with van der Waals surface area (Å²) in [5.74, 6) is 0.830. The molecule has 1 aromatic carbocycles. The molecule has 0 saturated carbocycles. The average Bonchev–Trinajstić information content (AvgIpc) is 2.67. The molecule has 1 saturated heterocycles. The number of benzene rings is 1. The number of rotatable bonds is 4. The molecule has 0 radical (unpaired) electrons. The fourth-order valence-electron chi connectivity index (χ4n) is 3.21. The normalized spacial score (nSPS) is 17.4. The number of carbonyl (C=O) groups excluding carboxylic acids is 1. The van der Waals surface area contributed by atoms with E-state index >= 15 is 0 Å². The number of nitrogens with one attached hydrogen (secondary N) is 1. The number of ether oxygens (including phenoxy) is 1. The Morgan fingerprint density at radius 1 is 1.24 bits per heavy atom. The van der Waals surface area contributed by atoms with Crippen molar-refractivity contribution < 1.29 is 9.53 Å². The lowest BCUT2D eigenvalue weighted by molar-refractivity contribution is 0.0206. The third kappa shape index (κ3) is 6.60. The van der Waals surface area contributed by atoms with Crippen LogP contribution in [0.2, 0.25) is 0 Å². The smallest absolute Gasteiger partial charge is 0.410 e. The van der Waals surface area contributed by atoms with Gasteiger partial charge < -0.3 is 15.0 Å². The highest BCUT2D eigenvalue weighted by atomic mass is 79.9. The molecule has 0 bridgehead atoms. The van der Waals surface area contributed by atoms with Gasteiger partial charge in [-0.2, -0.15) is 0 Å². The predicted octanol–water partition coefficient (Wildman–Crippen LogP) is 5.83. The van der Waals surface area contributed by atoms with Gasteiger partial charge in [-0.15, -0.1) is 0 Å². The van der Waals surface area contributed by atoms with Gasteiger partial charge in [0.25, 0.3) is 0 Å². The number of amides is 1. The van der Waals surface area contributed by atoms with Gasteiger partial charge in [0.2, 0.25) is 0 Å². The minimum Gasteiger partial charge on any atom is -0.444 e. The lowest BCUT2D eigenvalue weighted by Gasteiger charge is -2.34. The molecule has 154 valence electrons. The molecule has 1 aliphatic heterocycles. The highest BCUT2D eigenvalue weighted by molar-refractivity contribution is 9.10. The SMILES string of the molecule is CC(C)(C)OC(=O)N1CCC[C@@H](Nc2ncccc2C=Cc2ccc(Br)cc2)C1. The number of pyridine rings is 1. The number of aromatic nitrogens is 1. The van der Waals surface area contributed by atoms with Gasteiger partial charge in [-0.25, -0.2) is 9.78 Å². The zero-order valence-electron chi connectivity index (χ0n) is 17.2. The van der Waals surface area contributed by atoms with Crippen LogP contribution < -0.4 is 5.32 Å². The molecule has 0 spiro atoms. The van der Waals surface area contributed by atoms with Gasteiger partial charge in [-0.3, -0.25) is 0 Å². The summed E-state index contributed by atoms with van der Waals surface area (Å²) >= 11 is 3.46. The second-order valence-electron chi connectivity index (χ2n) is 8.24. The standard InChI is InChI=1S/C23H28BrN3O2/c1-23(2,3)29-22(28)27-15-5-7-20(16-27)26-21-18(6-4-14-25-21)11-8-17-9-12-19(24)13-10-17/h4,6,8-14,20H,5,7,15-16H2,1-3H3,(H,25,26)/t20-/m1/s1. The summed E-state index contributed by atoms with van der Waals surface area (Å²) in [4.78, 5) is 18.7. The Balaban J connectivity index is 1.67.